The summed E-state index contributed by atoms with van der Waals surface area (Å²) in [5, 5.41) is 11.8. The Morgan fingerprint density at radius 1 is 1.55 bits per heavy atom. The van der Waals surface area contributed by atoms with Crippen LogP contribution in [0, 0.1) is 17.2 Å². The summed E-state index contributed by atoms with van der Waals surface area (Å²) in [5.41, 5.74) is 0.124. The number of nitrogens with zero attached hydrogens (tertiary/aromatic N) is 4. The van der Waals surface area contributed by atoms with Crippen LogP contribution in [0.2, 0.25) is 0 Å². The number of amides is 1. The van der Waals surface area contributed by atoms with Crippen LogP contribution in [0.3, 0.4) is 0 Å². The molecule has 1 aliphatic rings. The molecule has 2 heterocycles. The van der Waals surface area contributed by atoms with Crippen molar-refractivity contribution in [2.45, 2.75) is 32.7 Å². The minimum atomic E-state index is -0.221. The van der Waals surface area contributed by atoms with E-state index in [9.17, 15) is 4.79 Å². The summed E-state index contributed by atoms with van der Waals surface area (Å²) in [4.78, 5) is 22.4. The monoisotopic (exact) mass is 273 g/mol. The number of nitriles is 1. The van der Waals surface area contributed by atoms with Crippen LogP contribution in [0.1, 0.15) is 32.9 Å². The second kappa shape index (κ2) is 5.45. The molecule has 0 radical (unpaired) electrons. The highest BCUT2D eigenvalue weighted by Gasteiger charge is 2.31. The Labute approximate surface area is 118 Å². The lowest BCUT2D eigenvalue weighted by Gasteiger charge is -2.23. The van der Waals surface area contributed by atoms with Crippen molar-refractivity contribution in [2.24, 2.45) is 5.92 Å². The second-order valence-corrected chi connectivity index (χ2v) is 6.02. The minimum Gasteiger partial charge on any atom is -0.351 e. The molecule has 1 atom stereocenters. The first kappa shape index (κ1) is 14.3. The van der Waals surface area contributed by atoms with Crippen LogP contribution < -0.4 is 10.2 Å². The topological polar surface area (TPSA) is 81.9 Å². The summed E-state index contributed by atoms with van der Waals surface area (Å²) >= 11 is 0. The Kier molecular flexibility index (Phi) is 3.89. The molecule has 106 valence electrons. The molecule has 0 saturated carbocycles. The first-order valence-corrected chi connectivity index (χ1v) is 6.69. The zero-order chi connectivity index (χ0) is 14.8. The summed E-state index contributed by atoms with van der Waals surface area (Å²) in [6.45, 7) is 7.24. The first-order chi connectivity index (χ1) is 9.39. The van der Waals surface area contributed by atoms with Gasteiger partial charge in [-0.3, -0.25) is 4.79 Å². The fourth-order valence-electron chi connectivity index (χ4n) is 2.19. The Morgan fingerprint density at radius 3 is 2.95 bits per heavy atom. The first-order valence-electron chi connectivity index (χ1n) is 6.69. The van der Waals surface area contributed by atoms with E-state index in [2.05, 4.69) is 15.3 Å². The van der Waals surface area contributed by atoms with Gasteiger partial charge in [-0.25, -0.2) is 9.97 Å². The van der Waals surface area contributed by atoms with Gasteiger partial charge < -0.3 is 10.2 Å². The quantitative estimate of drug-likeness (QED) is 0.872. The fourth-order valence-corrected chi connectivity index (χ4v) is 2.19. The van der Waals surface area contributed by atoms with Crippen LogP contribution in [0.5, 0.6) is 0 Å². The summed E-state index contributed by atoms with van der Waals surface area (Å²) in [5.74, 6) is 0.537. The van der Waals surface area contributed by atoms with Crippen LogP contribution >= 0.6 is 0 Å². The lowest BCUT2D eigenvalue weighted by atomic mass is 10.0. The van der Waals surface area contributed by atoms with Gasteiger partial charge in [0.05, 0.1) is 5.92 Å². The molecule has 1 fully saturated rings. The Morgan fingerprint density at radius 2 is 2.30 bits per heavy atom. The lowest BCUT2D eigenvalue weighted by molar-refractivity contribution is -0.125. The average molecular weight is 273 g/mol. The number of rotatable bonds is 2. The van der Waals surface area contributed by atoms with Gasteiger partial charge in [0.1, 0.15) is 11.8 Å². The van der Waals surface area contributed by atoms with Gasteiger partial charge in [-0.2, -0.15) is 5.26 Å². The van der Waals surface area contributed by atoms with E-state index in [0.29, 0.717) is 18.2 Å². The highest BCUT2D eigenvalue weighted by Crippen LogP contribution is 2.21. The van der Waals surface area contributed by atoms with Crippen molar-refractivity contribution in [1.82, 2.24) is 15.3 Å². The number of anilines is 1. The van der Waals surface area contributed by atoms with Crippen molar-refractivity contribution >= 4 is 11.9 Å². The van der Waals surface area contributed by atoms with E-state index in [1.165, 1.54) is 0 Å². The van der Waals surface area contributed by atoms with E-state index < -0.39 is 0 Å². The third-order valence-corrected chi connectivity index (χ3v) is 3.10. The predicted molar refractivity (Wildman–Crippen MR) is 75.0 cm³/mol. The lowest BCUT2D eigenvalue weighted by Crippen LogP contribution is -2.44. The molecule has 2 rings (SSSR count). The van der Waals surface area contributed by atoms with Gasteiger partial charge >= 0.3 is 0 Å². The van der Waals surface area contributed by atoms with Gasteiger partial charge in [0.2, 0.25) is 11.9 Å². The minimum absolute atomic E-state index is 0.0523. The number of hydrogen-bond acceptors (Lipinski definition) is 5. The molecule has 1 aliphatic heterocycles. The molecule has 20 heavy (non-hydrogen) atoms. The van der Waals surface area contributed by atoms with Gasteiger partial charge in [-0.15, -0.1) is 0 Å². The number of hydrogen-bond donors (Lipinski definition) is 1. The zero-order valence-electron chi connectivity index (χ0n) is 12.1. The Bertz CT molecular complexity index is 543. The summed E-state index contributed by atoms with van der Waals surface area (Å²) in [7, 11) is 0. The molecule has 1 unspecified atom stereocenters. The number of nitrogens with one attached hydrogen (secondary N) is 1. The molecule has 1 N–H and O–H groups in total. The summed E-state index contributed by atoms with van der Waals surface area (Å²) in [6, 6.07) is 3.57. The molecular formula is C14H19N5O. The molecule has 0 bridgehead atoms. The third-order valence-electron chi connectivity index (χ3n) is 3.10. The van der Waals surface area contributed by atoms with E-state index in [0.717, 1.165) is 13.0 Å². The summed E-state index contributed by atoms with van der Waals surface area (Å²) < 4.78 is 0. The van der Waals surface area contributed by atoms with Crippen molar-refractivity contribution in [3.05, 3.63) is 18.0 Å². The SMILES string of the molecule is CC(C)(C)NC(=O)C1CCN(c2nccc(C#N)n2)C1. The Balaban J connectivity index is 2.02. The van der Waals surface area contributed by atoms with Crippen molar-refractivity contribution in [3.63, 3.8) is 0 Å². The molecular weight excluding hydrogens is 254 g/mol. The summed E-state index contributed by atoms with van der Waals surface area (Å²) in [6.07, 6.45) is 2.35. The molecule has 6 nitrogen and oxygen atoms in total. The highest BCUT2D eigenvalue weighted by atomic mass is 16.2. The van der Waals surface area contributed by atoms with Crippen LogP contribution in [0.4, 0.5) is 5.95 Å². The molecule has 6 heteroatoms. The van der Waals surface area contributed by atoms with Crippen molar-refractivity contribution in [1.29, 1.82) is 5.26 Å². The smallest absolute Gasteiger partial charge is 0.226 e. The molecule has 1 amide bonds. The fraction of sp³-hybridized carbons (Fsp3) is 0.571. The van der Waals surface area contributed by atoms with E-state index in [-0.39, 0.29) is 17.4 Å². The van der Waals surface area contributed by atoms with E-state index >= 15 is 0 Å². The van der Waals surface area contributed by atoms with Crippen LogP contribution in [-0.4, -0.2) is 34.5 Å². The number of carbonyl (C=O) groups is 1. The van der Waals surface area contributed by atoms with E-state index in [1.807, 2.05) is 31.7 Å². The van der Waals surface area contributed by atoms with Crippen molar-refractivity contribution in [3.8, 4) is 6.07 Å². The molecule has 0 aromatic carbocycles. The van der Waals surface area contributed by atoms with Gasteiger partial charge in [0, 0.05) is 24.8 Å². The maximum Gasteiger partial charge on any atom is 0.226 e. The second-order valence-electron chi connectivity index (χ2n) is 6.02. The standard InChI is InChI=1S/C14H19N5O/c1-14(2,3)18-12(20)10-5-7-19(9-10)13-16-6-4-11(8-15)17-13/h4,6,10H,5,7,9H2,1-3H3,(H,18,20). The maximum absolute atomic E-state index is 12.1. The van der Waals surface area contributed by atoms with E-state index in [4.69, 9.17) is 5.26 Å². The zero-order valence-corrected chi connectivity index (χ0v) is 12.1. The third kappa shape index (κ3) is 3.44. The normalized spacial score (nSPS) is 18.7. The molecule has 1 aromatic rings. The molecule has 1 saturated heterocycles. The van der Waals surface area contributed by atoms with Crippen LogP contribution in [0.15, 0.2) is 12.3 Å². The maximum atomic E-state index is 12.1. The van der Waals surface area contributed by atoms with Crippen molar-refractivity contribution in [2.75, 3.05) is 18.0 Å². The molecule has 0 spiro atoms. The van der Waals surface area contributed by atoms with Crippen LogP contribution in [0.25, 0.3) is 0 Å². The van der Waals surface area contributed by atoms with Crippen molar-refractivity contribution < 1.29 is 4.79 Å². The van der Waals surface area contributed by atoms with Gasteiger partial charge in [-0.1, -0.05) is 0 Å². The Hall–Kier alpha value is -2.16. The largest absolute Gasteiger partial charge is 0.351 e. The number of carbonyl (C=O) groups excluding carboxylic acids is 1. The van der Waals surface area contributed by atoms with Gasteiger partial charge in [0.15, 0.2) is 0 Å². The average Bonchev–Trinajstić information content (AvgIpc) is 2.86. The number of aromatic nitrogens is 2. The van der Waals surface area contributed by atoms with Gasteiger partial charge in [-0.05, 0) is 33.3 Å². The van der Waals surface area contributed by atoms with Gasteiger partial charge in [0.25, 0.3) is 0 Å². The molecule has 1 aromatic heterocycles. The predicted octanol–water partition coefficient (Wildman–Crippen LogP) is 1.09. The highest BCUT2D eigenvalue weighted by molar-refractivity contribution is 5.80. The van der Waals surface area contributed by atoms with Crippen LogP contribution in [-0.2, 0) is 4.79 Å². The molecule has 0 aliphatic carbocycles. The van der Waals surface area contributed by atoms with E-state index in [1.54, 1.807) is 12.3 Å².